The molecule has 0 atom stereocenters. The average Bonchev–Trinajstić information content (AvgIpc) is 1.64. The van der Waals surface area contributed by atoms with E-state index in [-0.39, 0.29) is 0 Å². The van der Waals surface area contributed by atoms with Crippen molar-refractivity contribution in [2.75, 3.05) is 6.67 Å². The molecule has 0 saturated carbocycles. The van der Waals surface area contributed by atoms with E-state index in [1.54, 1.807) is 0 Å². The molecule has 2 nitrogen and oxygen atoms in total. The first kappa shape index (κ1) is 5.48. The molecule has 1 aliphatic heterocycles. The SMILES string of the molecule is CC1=NCN=C(C)C1. The Kier molecular flexibility index (Phi) is 1.42. The molecule has 1 heterocycles. The summed E-state index contributed by atoms with van der Waals surface area (Å²) in [6, 6.07) is 0. The second-order valence-electron chi connectivity index (χ2n) is 2.10. The predicted molar refractivity (Wildman–Crippen MR) is 35.7 cm³/mol. The summed E-state index contributed by atoms with van der Waals surface area (Å²) in [4.78, 5) is 8.22. The molecule has 0 amide bonds. The van der Waals surface area contributed by atoms with Crippen LogP contribution in [-0.4, -0.2) is 18.1 Å². The molecule has 0 aromatic heterocycles. The maximum absolute atomic E-state index is 4.11. The third-order valence-electron chi connectivity index (χ3n) is 1.19. The molecular weight excluding hydrogens is 100 g/mol. The van der Waals surface area contributed by atoms with Gasteiger partial charge in [0.1, 0.15) is 6.67 Å². The Labute approximate surface area is 49.3 Å². The molecule has 8 heavy (non-hydrogen) atoms. The van der Waals surface area contributed by atoms with Crippen molar-refractivity contribution >= 4 is 11.4 Å². The van der Waals surface area contributed by atoms with Crippen LogP contribution in [0.2, 0.25) is 0 Å². The summed E-state index contributed by atoms with van der Waals surface area (Å²) in [6.45, 7) is 4.73. The van der Waals surface area contributed by atoms with Gasteiger partial charge >= 0.3 is 0 Å². The first-order valence-corrected chi connectivity index (χ1v) is 2.79. The smallest absolute Gasteiger partial charge is 0.129 e. The van der Waals surface area contributed by atoms with Crippen molar-refractivity contribution in [3.05, 3.63) is 0 Å². The van der Waals surface area contributed by atoms with Crippen LogP contribution in [0.25, 0.3) is 0 Å². The van der Waals surface area contributed by atoms with E-state index in [1.807, 2.05) is 13.8 Å². The summed E-state index contributed by atoms with van der Waals surface area (Å²) in [5, 5.41) is 0. The summed E-state index contributed by atoms with van der Waals surface area (Å²) >= 11 is 0. The lowest BCUT2D eigenvalue weighted by Crippen LogP contribution is -2.06. The maximum Gasteiger partial charge on any atom is 0.129 e. The maximum atomic E-state index is 4.11. The fraction of sp³-hybridized carbons (Fsp3) is 0.667. The van der Waals surface area contributed by atoms with Crippen molar-refractivity contribution in [1.29, 1.82) is 0 Å². The number of nitrogens with zero attached hydrogens (tertiary/aromatic N) is 2. The normalized spacial score (nSPS) is 19.8. The molecule has 0 aromatic rings. The Hall–Kier alpha value is -0.660. The third kappa shape index (κ3) is 1.15. The second kappa shape index (κ2) is 2.07. The van der Waals surface area contributed by atoms with Gasteiger partial charge in [-0.3, -0.25) is 9.98 Å². The molecule has 44 valence electrons. The molecule has 0 saturated heterocycles. The molecule has 0 unspecified atom stereocenters. The van der Waals surface area contributed by atoms with Crippen LogP contribution in [-0.2, 0) is 0 Å². The van der Waals surface area contributed by atoms with E-state index in [4.69, 9.17) is 0 Å². The zero-order valence-electron chi connectivity index (χ0n) is 5.31. The zero-order chi connectivity index (χ0) is 5.98. The van der Waals surface area contributed by atoms with Crippen LogP contribution in [0.5, 0.6) is 0 Å². The molecule has 0 radical (unpaired) electrons. The van der Waals surface area contributed by atoms with Gasteiger partial charge in [-0.15, -0.1) is 0 Å². The minimum atomic E-state index is 0.650. The molecule has 2 heteroatoms. The largest absolute Gasteiger partial charge is 0.271 e. The molecule has 0 N–H and O–H groups in total. The molecular formula is C6H10N2. The van der Waals surface area contributed by atoms with Crippen LogP contribution in [0.4, 0.5) is 0 Å². The highest BCUT2D eigenvalue weighted by Crippen LogP contribution is 1.96. The Morgan fingerprint density at radius 2 is 1.62 bits per heavy atom. The lowest BCUT2D eigenvalue weighted by Gasteiger charge is -2.04. The molecule has 0 fully saturated rings. The van der Waals surface area contributed by atoms with Gasteiger partial charge in [-0.1, -0.05) is 0 Å². The highest BCUT2D eigenvalue weighted by atomic mass is 15.0. The quantitative estimate of drug-likeness (QED) is 0.448. The van der Waals surface area contributed by atoms with Crippen molar-refractivity contribution in [2.45, 2.75) is 20.3 Å². The van der Waals surface area contributed by atoms with Gasteiger partial charge in [0.25, 0.3) is 0 Å². The highest BCUT2D eigenvalue weighted by Gasteiger charge is 1.98. The first-order chi connectivity index (χ1) is 3.79. The third-order valence-corrected chi connectivity index (χ3v) is 1.19. The summed E-state index contributed by atoms with van der Waals surface area (Å²) in [7, 11) is 0. The summed E-state index contributed by atoms with van der Waals surface area (Å²) in [5.74, 6) is 0. The van der Waals surface area contributed by atoms with E-state index in [2.05, 4.69) is 9.98 Å². The van der Waals surface area contributed by atoms with Gasteiger partial charge < -0.3 is 0 Å². The minimum absolute atomic E-state index is 0.650. The van der Waals surface area contributed by atoms with Crippen LogP contribution >= 0.6 is 0 Å². The van der Waals surface area contributed by atoms with Crippen molar-refractivity contribution in [2.24, 2.45) is 9.98 Å². The van der Waals surface area contributed by atoms with Gasteiger partial charge in [0.2, 0.25) is 0 Å². The minimum Gasteiger partial charge on any atom is -0.271 e. The van der Waals surface area contributed by atoms with E-state index in [0.717, 1.165) is 6.42 Å². The van der Waals surface area contributed by atoms with Crippen molar-refractivity contribution < 1.29 is 0 Å². The van der Waals surface area contributed by atoms with E-state index in [1.165, 1.54) is 11.4 Å². The molecule has 1 rings (SSSR count). The number of hydrogen-bond donors (Lipinski definition) is 0. The van der Waals surface area contributed by atoms with E-state index in [9.17, 15) is 0 Å². The van der Waals surface area contributed by atoms with Crippen LogP contribution in [0.1, 0.15) is 20.3 Å². The van der Waals surface area contributed by atoms with Gasteiger partial charge in [-0.05, 0) is 13.8 Å². The fourth-order valence-corrected chi connectivity index (χ4v) is 0.759. The van der Waals surface area contributed by atoms with Gasteiger partial charge in [0, 0.05) is 17.8 Å². The number of rotatable bonds is 0. The summed E-state index contributed by atoms with van der Waals surface area (Å²) < 4.78 is 0. The Balaban J connectivity index is 2.57. The standard InChI is InChI=1S/C6H10N2/c1-5-3-6(2)8-4-7-5/h3-4H2,1-2H3. The first-order valence-electron chi connectivity index (χ1n) is 2.79. The highest BCUT2D eigenvalue weighted by molar-refractivity contribution is 6.03. The Morgan fingerprint density at radius 1 is 1.12 bits per heavy atom. The number of aliphatic imine (C=N–C) groups is 2. The van der Waals surface area contributed by atoms with Gasteiger partial charge in [-0.2, -0.15) is 0 Å². The topological polar surface area (TPSA) is 24.7 Å². The van der Waals surface area contributed by atoms with E-state index < -0.39 is 0 Å². The van der Waals surface area contributed by atoms with Crippen molar-refractivity contribution in [3.8, 4) is 0 Å². The Bertz CT molecular complexity index is 129. The Morgan fingerprint density at radius 3 is 1.88 bits per heavy atom. The molecule has 0 spiro atoms. The molecule has 0 aromatic carbocycles. The van der Waals surface area contributed by atoms with Gasteiger partial charge in [0.15, 0.2) is 0 Å². The fourth-order valence-electron chi connectivity index (χ4n) is 0.759. The zero-order valence-corrected chi connectivity index (χ0v) is 5.31. The van der Waals surface area contributed by atoms with Crippen LogP contribution < -0.4 is 0 Å². The molecule has 0 bridgehead atoms. The lowest BCUT2D eigenvalue weighted by molar-refractivity contribution is 1.02. The monoisotopic (exact) mass is 110 g/mol. The van der Waals surface area contributed by atoms with Gasteiger partial charge in [0.05, 0.1) is 0 Å². The van der Waals surface area contributed by atoms with Crippen molar-refractivity contribution in [1.82, 2.24) is 0 Å². The van der Waals surface area contributed by atoms with Crippen LogP contribution in [0.3, 0.4) is 0 Å². The second-order valence-corrected chi connectivity index (χ2v) is 2.10. The van der Waals surface area contributed by atoms with E-state index in [0.29, 0.717) is 6.67 Å². The predicted octanol–water partition coefficient (Wildman–Crippen LogP) is 1.27. The van der Waals surface area contributed by atoms with Crippen LogP contribution in [0.15, 0.2) is 9.98 Å². The van der Waals surface area contributed by atoms with Gasteiger partial charge in [-0.25, -0.2) is 0 Å². The average molecular weight is 110 g/mol. The summed E-state index contributed by atoms with van der Waals surface area (Å²) in [6.07, 6.45) is 0.972. The summed E-state index contributed by atoms with van der Waals surface area (Å²) in [5.41, 5.74) is 2.41. The van der Waals surface area contributed by atoms with Crippen molar-refractivity contribution in [3.63, 3.8) is 0 Å². The number of hydrogen-bond acceptors (Lipinski definition) is 2. The molecule has 0 aliphatic carbocycles. The van der Waals surface area contributed by atoms with E-state index >= 15 is 0 Å². The molecule has 1 aliphatic rings. The lowest BCUT2D eigenvalue weighted by atomic mass is 10.2. The van der Waals surface area contributed by atoms with Crippen LogP contribution in [0, 0.1) is 0 Å².